The summed E-state index contributed by atoms with van der Waals surface area (Å²) in [6, 6.07) is -0.275. The van der Waals surface area contributed by atoms with Gasteiger partial charge in [0, 0.05) is 6.04 Å². The van der Waals surface area contributed by atoms with E-state index in [1.54, 1.807) is 0 Å². The van der Waals surface area contributed by atoms with Crippen molar-refractivity contribution in [3.63, 3.8) is 0 Å². The second-order valence-corrected chi connectivity index (χ2v) is 7.02. The molecule has 0 aromatic rings. The molecule has 0 aromatic heterocycles. The third-order valence-corrected chi connectivity index (χ3v) is 4.80. The van der Waals surface area contributed by atoms with E-state index in [9.17, 15) is 13.2 Å². The first-order valence-electron chi connectivity index (χ1n) is 6.67. The van der Waals surface area contributed by atoms with Crippen molar-refractivity contribution in [1.29, 1.82) is 0 Å². The van der Waals surface area contributed by atoms with E-state index in [-0.39, 0.29) is 17.5 Å². The Morgan fingerprint density at radius 3 is 2.61 bits per heavy atom. The van der Waals surface area contributed by atoms with Crippen molar-refractivity contribution in [2.45, 2.75) is 51.5 Å². The minimum Gasteiger partial charge on any atom is -0.450 e. The molecule has 1 N–H and O–H groups in total. The molecule has 5 nitrogen and oxygen atoms in total. The number of rotatable bonds is 7. The van der Waals surface area contributed by atoms with Gasteiger partial charge < -0.3 is 10.1 Å². The Morgan fingerprint density at radius 1 is 1.28 bits per heavy atom. The van der Waals surface area contributed by atoms with Crippen molar-refractivity contribution < 1.29 is 17.9 Å². The number of sulfone groups is 1. The number of ether oxygens (including phenoxy) is 1. The average Bonchev–Trinajstić information content (AvgIpc) is 2.63. The number of unbranched alkanes of at least 4 members (excludes halogenated alkanes) is 4. The van der Waals surface area contributed by atoms with Crippen molar-refractivity contribution in [3.05, 3.63) is 0 Å². The molecule has 1 heterocycles. The molecule has 0 aliphatic carbocycles. The largest absolute Gasteiger partial charge is 0.450 e. The Labute approximate surface area is 109 Å². The number of alkyl carbamates (subject to hydrolysis) is 1. The zero-order valence-corrected chi connectivity index (χ0v) is 11.8. The van der Waals surface area contributed by atoms with Crippen molar-refractivity contribution in [1.82, 2.24) is 5.32 Å². The standard InChI is InChI=1S/C12H23NO4S/c1-2-3-4-5-6-8-17-12(14)13-11-7-9-18(15,16)10-11/h11H,2-10H2,1H3,(H,13,14). The molecule has 1 aliphatic heterocycles. The highest BCUT2D eigenvalue weighted by Gasteiger charge is 2.29. The van der Waals surface area contributed by atoms with E-state index in [0.717, 1.165) is 12.8 Å². The molecule has 0 radical (unpaired) electrons. The zero-order valence-electron chi connectivity index (χ0n) is 11.0. The average molecular weight is 277 g/mol. The summed E-state index contributed by atoms with van der Waals surface area (Å²) in [5.74, 6) is 0.202. The van der Waals surface area contributed by atoms with Crippen LogP contribution in [-0.4, -0.2) is 38.7 Å². The Morgan fingerprint density at radius 2 is 2.00 bits per heavy atom. The third kappa shape index (κ3) is 6.23. The summed E-state index contributed by atoms with van der Waals surface area (Å²) >= 11 is 0. The summed E-state index contributed by atoms with van der Waals surface area (Å²) in [6.07, 6.45) is 5.52. The fourth-order valence-corrected chi connectivity index (χ4v) is 3.66. The first-order chi connectivity index (χ1) is 8.53. The first kappa shape index (κ1) is 15.3. The molecule has 1 atom stereocenters. The molecule has 1 rings (SSSR count). The zero-order chi connectivity index (χ0) is 13.4. The van der Waals surface area contributed by atoms with Crippen LogP contribution in [0.4, 0.5) is 4.79 Å². The van der Waals surface area contributed by atoms with E-state index in [1.807, 2.05) is 0 Å². The van der Waals surface area contributed by atoms with Crippen molar-refractivity contribution in [3.8, 4) is 0 Å². The summed E-state index contributed by atoms with van der Waals surface area (Å²) in [4.78, 5) is 11.4. The van der Waals surface area contributed by atoms with Gasteiger partial charge in [0.2, 0.25) is 0 Å². The van der Waals surface area contributed by atoms with Crippen LogP contribution in [0.2, 0.25) is 0 Å². The molecule has 0 spiro atoms. The van der Waals surface area contributed by atoms with Gasteiger partial charge in [0.05, 0.1) is 18.1 Å². The molecule has 6 heteroatoms. The van der Waals surface area contributed by atoms with Crippen molar-refractivity contribution in [2.75, 3.05) is 18.1 Å². The topological polar surface area (TPSA) is 72.5 Å². The number of carbonyl (C=O) groups is 1. The maximum atomic E-state index is 11.4. The minimum atomic E-state index is -2.95. The van der Waals surface area contributed by atoms with Crippen molar-refractivity contribution >= 4 is 15.9 Å². The molecule has 0 aromatic carbocycles. The van der Waals surface area contributed by atoms with Gasteiger partial charge in [-0.05, 0) is 12.8 Å². The molecule has 1 saturated heterocycles. The van der Waals surface area contributed by atoms with Gasteiger partial charge in [-0.2, -0.15) is 0 Å². The van der Waals surface area contributed by atoms with Crippen LogP contribution in [0.25, 0.3) is 0 Å². The number of nitrogens with one attached hydrogen (secondary N) is 1. The van der Waals surface area contributed by atoms with Gasteiger partial charge in [0.1, 0.15) is 0 Å². The highest BCUT2D eigenvalue weighted by atomic mass is 32.2. The number of carbonyl (C=O) groups excluding carboxylic acids is 1. The summed E-state index contributed by atoms with van der Waals surface area (Å²) in [5.41, 5.74) is 0. The van der Waals surface area contributed by atoms with E-state index in [2.05, 4.69) is 12.2 Å². The molecule has 18 heavy (non-hydrogen) atoms. The van der Waals surface area contributed by atoms with Gasteiger partial charge in [-0.3, -0.25) is 0 Å². The Kier molecular flexibility index (Phi) is 6.46. The predicted molar refractivity (Wildman–Crippen MR) is 70.3 cm³/mol. The lowest BCUT2D eigenvalue weighted by Crippen LogP contribution is -2.36. The summed E-state index contributed by atoms with van der Waals surface area (Å²) < 4.78 is 27.4. The van der Waals surface area contributed by atoms with Crippen LogP contribution in [0.1, 0.15) is 45.4 Å². The molecule has 1 unspecified atom stereocenters. The molecule has 1 fully saturated rings. The molecule has 0 bridgehead atoms. The maximum Gasteiger partial charge on any atom is 0.407 e. The quantitative estimate of drug-likeness (QED) is 0.721. The second kappa shape index (κ2) is 7.61. The smallest absolute Gasteiger partial charge is 0.407 e. The molecular formula is C12H23NO4S. The van der Waals surface area contributed by atoms with Crippen LogP contribution >= 0.6 is 0 Å². The van der Waals surface area contributed by atoms with Gasteiger partial charge in [-0.15, -0.1) is 0 Å². The first-order valence-corrected chi connectivity index (χ1v) is 8.49. The maximum absolute atomic E-state index is 11.4. The number of hydrogen-bond donors (Lipinski definition) is 1. The Hall–Kier alpha value is -0.780. The lowest BCUT2D eigenvalue weighted by molar-refractivity contribution is 0.141. The van der Waals surface area contributed by atoms with Gasteiger partial charge in [-0.1, -0.05) is 32.6 Å². The van der Waals surface area contributed by atoms with Gasteiger partial charge >= 0.3 is 6.09 Å². The van der Waals surface area contributed by atoms with E-state index in [4.69, 9.17) is 4.74 Å². The predicted octanol–water partition coefficient (Wildman–Crippen LogP) is 1.87. The molecule has 1 amide bonds. The monoisotopic (exact) mass is 277 g/mol. The third-order valence-electron chi connectivity index (χ3n) is 3.04. The fourth-order valence-electron chi connectivity index (χ4n) is 1.99. The van der Waals surface area contributed by atoms with Crippen LogP contribution in [0.3, 0.4) is 0 Å². The minimum absolute atomic E-state index is 0.0403. The summed E-state index contributed by atoms with van der Waals surface area (Å²) in [7, 11) is -2.95. The highest BCUT2D eigenvalue weighted by Crippen LogP contribution is 2.11. The number of amides is 1. The molecule has 106 valence electrons. The van der Waals surface area contributed by atoms with E-state index in [1.165, 1.54) is 19.3 Å². The number of hydrogen-bond acceptors (Lipinski definition) is 4. The Balaban J connectivity index is 2.04. The Bertz CT molecular complexity index is 353. The van der Waals surface area contributed by atoms with Crippen LogP contribution in [0.5, 0.6) is 0 Å². The lowest BCUT2D eigenvalue weighted by Gasteiger charge is -2.11. The van der Waals surface area contributed by atoms with Crippen LogP contribution < -0.4 is 5.32 Å². The fraction of sp³-hybridized carbons (Fsp3) is 0.917. The SMILES string of the molecule is CCCCCCCOC(=O)NC1CCS(=O)(=O)C1. The van der Waals surface area contributed by atoms with Gasteiger partial charge in [0.15, 0.2) is 9.84 Å². The molecular weight excluding hydrogens is 254 g/mol. The van der Waals surface area contributed by atoms with E-state index >= 15 is 0 Å². The van der Waals surface area contributed by atoms with Crippen LogP contribution in [0.15, 0.2) is 0 Å². The van der Waals surface area contributed by atoms with Crippen molar-refractivity contribution in [2.24, 2.45) is 0 Å². The van der Waals surface area contributed by atoms with E-state index < -0.39 is 15.9 Å². The normalized spacial score (nSPS) is 21.7. The van der Waals surface area contributed by atoms with Gasteiger partial charge in [-0.25, -0.2) is 13.2 Å². The van der Waals surface area contributed by atoms with Crippen LogP contribution in [-0.2, 0) is 14.6 Å². The molecule has 1 aliphatic rings. The van der Waals surface area contributed by atoms with Gasteiger partial charge in [0.25, 0.3) is 0 Å². The summed E-state index contributed by atoms with van der Waals surface area (Å²) in [5, 5.41) is 2.60. The second-order valence-electron chi connectivity index (χ2n) is 4.79. The van der Waals surface area contributed by atoms with Crippen LogP contribution in [0, 0.1) is 0 Å². The summed E-state index contributed by atoms with van der Waals surface area (Å²) in [6.45, 7) is 2.56. The molecule has 0 saturated carbocycles. The lowest BCUT2D eigenvalue weighted by atomic mass is 10.2. The highest BCUT2D eigenvalue weighted by molar-refractivity contribution is 7.91. The van der Waals surface area contributed by atoms with E-state index in [0.29, 0.717) is 13.0 Å².